The molecule has 0 aliphatic rings. The lowest BCUT2D eigenvalue weighted by atomic mass is 10.1. The molecule has 0 fully saturated rings. The zero-order valence-corrected chi connectivity index (χ0v) is 10.4. The predicted molar refractivity (Wildman–Crippen MR) is 67.0 cm³/mol. The highest BCUT2D eigenvalue weighted by molar-refractivity contribution is 6.01. The molecule has 1 atom stereocenters. The Morgan fingerprint density at radius 1 is 1.61 bits per heavy atom. The van der Waals surface area contributed by atoms with E-state index < -0.39 is 5.92 Å². The molecule has 18 heavy (non-hydrogen) atoms. The summed E-state index contributed by atoms with van der Waals surface area (Å²) in [6.07, 6.45) is 7.22. The van der Waals surface area contributed by atoms with Crippen LogP contribution in [0.1, 0.15) is 19.8 Å². The molecule has 4 N–H and O–H groups in total. The fourth-order valence-corrected chi connectivity index (χ4v) is 1.42. The molecule has 1 heterocycles. The minimum atomic E-state index is -0.608. The summed E-state index contributed by atoms with van der Waals surface area (Å²) < 4.78 is 1.99. The van der Waals surface area contributed by atoms with Crippen molar-refractivity contribution >= 4 is 11.7 Å². The number of carbonyl (C=O) groups excluding carboxylic acids is 1. The first kappa shape index (κ1) is 14.0. The molecule has 0 radical (unpaired) electrons. The van der Waals surface area contributed by atoms with E-state index >= 15 is 0 Å². The standard InChI is InChI=1S/C11H19N5O2/c1-9(10(12)15-18)11(17)14-4-2-3-6-16-7-5-13-8-16/h5,7-9,18H,2-4,6H2,1H3,(H2,12,15)(H,14,17). The topological polar surface area (TPSA) is 106 Å². The van der Waals surface area contributed by atoms with Crippen molar-refractivity contribution in [2.45, 2.75) is 26.3 Å². The Morgan fingerprint density at radius 3 is 3.00 bits per heavy atom. The maximum atomic E-state index is 11.5. The van der Waals surface area contributed by atoms with Gasteiger partial charge in [0.05, 0.1) is 12.2 Å². The Balaban J connectivity index is 2.12. The van der Waals surface area contributed by atoms with Crippen LogP contribution in [-0.2, 0) is 11.3 Å². The van der Waals surface area contributed by atoms with Gasteiger partial charge in [-0.15, -0.1) is 0 Å². The second-order valence-electron chi connectivity index (χ2n) is 4.05. The van der Waals surface area contributed by atoms with E-state index in [1.165, 1.54) is 0 Å². The number of nitrogens with two attached hydrogens (primary N) is 1. The summed E-state index contributed by atoms with van der Waals surface area (Å²) in [7, 11) is 0. The Morgan fingerprint density at radius 2 is 2.39 bits per heavy atom. The van der Waals surface area contributed by atoms with Gasteiger partial charge in [0.1, 0.15) is 0 Å². The predicted octanol–water partition coefficient (Wildman–Crippen LogP) is 0.162. The number of nitrogens with zero attached hydrogens (tertiary/aromatic N) is 3. The maximum absolute atomic E-state index is 11.5. The number of unbranched alkanes of at least 4 members (excludes halogenated alkanes) is 1. The number of hydrogen-bond donors (Lipinski definition) is 3. The third kappa shape index (κ3) is 4.44. The number of hydrogen-bond acceptors (Lipinski definition) is 4. The third-order valence-electron chi connectivity index (χ3n) is 2.65. The molecule has 0 saturated carbocycles. The van der Waals surface area contributed by atoms with Crippen molar-refractivity contribution in [1.29, 1.82) is 0 Å². The van der Waals surface area contributed by atoms with Gasteiger partial charge in [-0.05, 0) is 19.8 Å². The van der Waals surface area contributed by atoms with Crippen LogP contribution in [0.5, 0.6) is 0 Å². The van der Waals surface area contributed by atoms with Crippen molar-refractivity contribution in [2.24, 2.45) is 16.8 Å². The molecule has 0 bridgehead atoms. The van der Waals surface area contributed by atoms with Crippen molar-refractivity contribution in [3.63, 3.8) is 0 Å². The normalized spacial score (nSPS) is 13.3. The SMILES string of the molecule is CC(C(=O)NCCCCn1ccnc1)C(N)=NO. The van der Waals surface area contributed by atoms with E-state index in [0.717, 1.165) is 19.4 Å². The Bertz CT molecular complexity index is 388. The number of aryl methyl sites for hydroxylation is 1. The van der Waals surface area contributed by atoms with Crippen molar-refractivity contribution in [2.75, 3.05) is 6.54 Å². The van der Waals surface area contributed by atoms with Crippen molar-refractivity contribution in [3.05, 3.63) is 18.7 Å². The lowest BCUT2D eigenvalue weighted by Gasteiger charge is -2.10. The number of rotatable bonds is 7. The first-order chi connectivity index (χ1) is 8.65. The summed E-state index contributed by atoms with van der Waals surface area (Å²) in [6.45, 7) is 3.05. The molecule has 0 aliphatic carbocycles. The average Bonchev–Trinajstić information content (AvgIpc) is 2.89. The summed E-state index contributed by atoms with van der Waals surface area (Å²) in [6, 6.07) is 0. The van der Waals surface area contributed by atoms with Crippen LogP contribution in [0.4, 0.5) is 0 Å². The van der Waals surface area contributed by atoms with Gasteiger partial charge in [0.2, 0.25) is 5.91 Å². The molecule has 0 aliphatic heterocycles. The molecule has 0 spiro atoms. The number of amidine groups is 1. The van der Waals surface area contributed by atoms with Crippen molar-refractivity contribution in [1.82, 2.24) is 14.9 Å². The summed E-state index contributed by atoms with van der Waals surface area (Å²) in [5.41, 5.74) is 5.34. The Hall–Kier alpha value is -2.05. The van der Waals surface area contributed by atoms with Gasteiger partial charge in [-0.1, -0.05) is 5.16 Å². The van der Waals surface area contributed by atoms with Gasteiger partial charge in [-0.25, -0.2) is 4.98 Å². The fraction of sp³-hybridized carbons (Fsp3) is 0.545. The molecule has 7 heteroatoms. The van der Waals surface area contributed by atoms with Gasteiger partial charge in [-0.3, -0.25) is 4.79 Å². The van der Waals surface area contributed by atoms with E-state index in [0.29, 0.717) is 6.54 Å². The van der Waals surface area contributed by atoms with E-state index in [1.807, 2.05) is 10.8 Å². The first-order valence-corrected chi connectivity index (χ1v) is 5.86. The van der Waals surface area contributed by atoms with E-state index in [-0.39, 0.29) is 11.7 Å². The molecule has 0 saturated heterocycles. The van der Waals surface area contributed by atoms with Crippen LogP contribution in [0.25, 0.3) is 0 Å². The molecule has 1 amide bonds. The second-order valence-corrected chi connectivity index (χ2v) is 4.05. The largest absolute Gasteiger partial charge is 0.409 e. The molecule has 0 aromatic carbocycles. The van der Waals surface area contributed by atoms with E-state index in [4.69, 9.17) is 10.9 Å². The van der Waals surface area contributed by atoms with Crippen molar-refractivity contribution in [3.8, 4) is 0 Å². The zero-order chi connectivity index (χ0) is 13.4. The number of amides is 1. The van der Waals surface area contributed by atoms with Gasteiger partial charge in [0, 0.05) is 25.5 Å². The first-order valence-electron chi connectivity index (χ1n) is 5.86. The fourth-order valence-electron chi connectivity index (χ4n) is 1.42. The number of oxime groups is 1. The van der Waals surface area contributed by atoms with Crippen molar-refractivity contribution < 1.29 is 10.0 Å². The molecular weight excluding hydrogens is 234 g/mol. The smallest absolute Gasteiger partial charge is 0.230 e. The van der Waals surface area contributed by atoms with Gasteiger partial charge in [0.15, 0.2) is 5.84 Å². The Labute approximate surface area is 106 Å². The molecule has 1 unspecified atom stereocenters. The Kier molecular flexibility index (Phi) is 5.69. The molecule has 100 valence electrons. The highest BCUT2D eigenvalue weighted by Gasteiger charge is 2.16. The van der Waals surface area contributed by atoms with Crippen LogP contribution in [0.2, 0.25) is 0 Å². The van der Waals surface area contributed by atoms with E-state index in [1.54, 1.807) is 19.4 Å². The van der Waals surface area contributed by atoms with Crippen LogP contribution in [0.3, 0.4) is 0 Å². The summed E-state index contributed by atoms with van der Waals surface area (Å²) in [4.78, 5) is 15.5. The quantitative estimate of drug-likeness (QED) is 0.211. The average molecular weight is 253 g/mol. The van der Waals surface area contributed by atoms with Gasteiger partial charge in [-0.2, -0.15) is 0 Å². The number of aromatic nitrogens is 2. The zero-order valence-electron chi connectivity index (χ0n) is 10.4. The third-order valence-corrected chi connectivity index (χ3v) is 2.65. The monoisotopic (exact) mass is 253 g/mol. The maximum Gasteiger partial charge on any atom is 0.230 e. The van der Waals surface area contributed by atoms with E-state index in [9.17, 15) is 4.79 Å². The highest BCUT2D eigenvalue weighted by Crippen LogP contribution is 1.97. The molecule has 7 nitrogen and oxygen atoms in total. The second kappa shape index (κ2) is 7.31. The minimum Gasteiger partial charge on any atom is -0.409 e. The van der Waals surface area contributed by atoms with E-state index in [2.05, 4.69) is 15.5 Å². The van der Waals surface area contributed by atoms with Gasteiger partial charge < -0.3 is 20.8 Å². The highest BCUT2D eigenvalue weighted by atomic mass is 16.4. The molecule has 1 aromatic heterocycles. The van der Waals surface area contributed by atoms with Gasteiger partial charge >= 0.3 is 0 Å². The van der Waals surface area contributed by atoms with Gasteiger partial charge in [0.25, 0.3) is 0 Å². The number of carbonyl (C=O) groups is 1. The number of imidazole rings is 1. The van der Waals surface area contributed by atoms with Crippen LogP contribution in [0, 0.1) is 5.92 Å². The lowest BCUT2D eigenvalue weighted by Crippen LogP contribution is -2.37. The molecule has 1 aromatic rings. The molecule has 1 rings (SSSR count). The summed E-state index contributed by atoms with van der Waals surface area (Å²) >= 11 is 0. The van der Waals surface area contributed by atoms with Crippen LogP contribution < -0.4 is 11.1 Å². The summed E-state index contributed by atoms with van der Waals surface area (Å²) in [5, 5.41) is 14.0. The molecular formula is C11H19N5O2. The number of nitrogens with one attached hydrogen (secondary N) is 1. The van der Waals surface area contributed by atoms with Crippen LogP contribution in [0.15, 0.2) is 23.9 Å². The van der Waals surface area contributed by atoms with Crippen LogP contribution in [-0.4, -0.2) is 33.0 Å². The lowest BCUT2D eigenvalue weighted by molar-refractivity contribution is -0.122. The van der Waals surface area contributed by atoms with Crippen LogP contribution >= 0.6 is 0 Å². The summed E-state index contributed by atoms with van der Waals surface area (Å²) in [5.74, 6) is -0.914. The minimum absolute atomic E-state index is 0.0779.